The molecule has 0 aliphatic carbocycles. The van der Waals surface area contributed by atoms with Gasteiger partial charge in [0.15, 0.2) is 0 Å². The molecule has 1 unspecified atom stereocenters. The Hall–Kier alpha value is -2.22. The van der Waals surface area contributed by atoms with Crippen molar-refractivity contribution in [2.45, 2.75) is 25.5 Å². The first-order valence-electron chi connectivity index (χ1n) is 9.98. The van der Waals surface area contributed by atoms with Gasteiger partial charge in [-0.1, -0.05) is 0 Å². The van der Waals surface area contributed by atoms with Crippen molar-refractivity contribution in [2.75, 3.05) is 26.2 Å². The van der Waals surface area contributed by atoms with Crippen LogP contribution in [0.1, 0.15) is 12.8 Å². The highest BCUT2D eigenvalue weighted by Gasteiger charge is 2.21. The lowest BCUT2D eigenvalue weighted by Gasteiger charge is -2.33. The summed E-state index contributed by atoms with van der Waals surface area (Å²) in [4.78, 5) is 6.37. The minimum absolute atomic E-state index is 0.154. The highest BCUT2D eigenvalue weighted by atomic mass is 32.1. The van der Waals surface area contributed by atoms with Crippen LogP contribution in [0, 0.1) is 11.7 Å². The van der Waals surface area contributed by atoms with E-state index in [1.165, 1.54) is 12.1 Å². The van der Waals surface area contributed by atoms with Gasteiger partial charge < -0.3 is 19.3 Å². The standard InChI is InChI=1S/C22H26FN3O2S/c23-20-9-19(18-3-8-29-15-18)10-22(11-20)28-14-21(27)13-25-5-1-17(2-6-25)12-26-7-4-24-16-26/h3-4,7-11,15-17,21,27H,1-2,5-6,12-14H2. The third-order valence-electron chi connectivity index (χ3n) is 5.37. The number of hydrogen-bond donors (Lipinski definition) is 1. The zero-order valence-corrected chi connectivity index (χ0v) is 17.1. The van der Waals surface area contributed by atoms with E-state index < -0.39 is 6.10 Å². The number of ether oxygens (including phenoxy) is 1. The second kappa shape index (κ2) is 9.52. The molecule has 1 aliphatic rings. The van der Waals surface area contributed by atoms with Gasteiger partial charge in [0.2, 0.25) is 0 Å². The van der Waals surface area contributed by atoms with E-state index in [0.717, 1.165) is 43.6 Å². The number of benzene rings is 1. The van der Waals surface area contributed by atoms with E-state index in [9.17, 15) is 9.50 Å². The Labute approximate surface area is 174 Å². The van der Waals surface area contributed by atoms with Crippen molar-refractivity contribution in [1.29, 1.82) is 0 Å². The highest BCUT2D eigenvalue weighted by Crippen LogP contribution is 2.27. The van der Waals surface area contributed by atoms with Gasteiger partial charge >= 0.3 is 0 Å². The third kappa shape index (κ3) is 5.65. The van der Waals surface area contributed by atoms with Crippen LogP contribution < -0.4 is 4.74 Å². The summed E-state index contributed by atoms with van der Waals surface area (Å²) in [5.74, 6) is 0.763. The van der Waals surface area contributed by atoms with Crippen LogP contribution in [-0.2, 0) is 6.54 Å². The minimum atomic E-state index is -0.604. The molecule has 4 rings (SSSR count). The number of piperidine rings is 1. The predicted molar refractivity (Wildman–Crippen MR) is 113 cm³/mol. The van der Waals surface area contributed by atoms with Crippen LogP contribution in [0.4, 0.5) is 4.39 Å². The molecule has 5 nitrogen and oxygen atoms in total. The average Bonchev–Trinajstić information content (AvgIpc) is 3.42. The number of aromatic nitrogens is 2. The largest absolute Gasteiger partial charge is 0.491 e. The number of aliphatic hydroxyl groups excluding tert-OH is 1. The fraction of sp³-hybridized carbons (Fsp3) is 0.409. The molecule has 0 spiro atoms. The van der Waals surface area contributed by atoms with Gasteiger partial charge in [0, 0.05) is 31.5 Å². The Balaban J connectivity index is 1.23. The Kier molecular flexibility index (Phi) is 6.59. The molecule has 7 heteroatoms. The summed E-state index contributed by atoms with van der Waals surface area (Å²) in [5.41, 5.74) is 1.76. The number of nitrogens with zero attached hydrogens (tertiary/aromatic N) is 3. The molecule has 0 radical (unpaired) electrons. The number of rotatable bonds is 8. The van der Waals surface area contributed by atoms with E-state index in [2.05, 4.69) is 14.5 Å². The number of hydrogen-bond acceptors (Lipinski definition) is 5. The van der Waals surface area contributed by atoms with Crippen molar-refractivity contribution in [3.63, 3.8) is 0 Å². The van der Waals surface area contributed by atoms with E-state index in [4.69, 9.17) is 4.74 Å². The normalized spacial score (nSPS) is 16.8. The van der Waals surface area contributed by atoms with Gasteiger partial charge in [0.05, 0.1) is 6.33 Å². The molecule has 1 aliphatic heterocycles. The number of likely N-dealkylation sites (tertiary alicyclic amines) is 1. The van der Waals surface area contributed by atoms with Crippen molar-refractivity contribution >= 4 is 11.3 Å². The summed E-state index contributed by atoms with van der Waals surface area (Å²) in [6.45, 7) is 3.68. The lowest BCUT2D eigenvalue weighted by Crippen LogP contribution is -2.41. The van der Waals surface area contributed by atoms with E-state index in [-0.39, 0.29) is 12.4 Å². The van der Waals surface area contributed by atoms with Crippen molar-refractivity contribution in [3.8, 4) is 16.9 Å². The molecular formula is C22H26FN3O2S. The summed E-state index contributed by atoms with van der Waals surface area (Å²) in [5, 5.41) is 14.3. The van der Waals surface area contributed by atoms with Crippen molar-refractivity contribution < 1.29 is 14.2 Å². The second-order valence-corrected chi connectivity index (χ2v) is 8.44. The van der Waals surface area contributed by atoms with Crippen LogP contribution in [-0.4, -0.2) is 51.9 Å². The molecule has 1 saturated heterocycles. The van der Waals surface area contributed by atoms with Crippen molar-refractivity contribution in [1.82, 2.24) is 14.5 Å². The molecule has 0 saturated carbocycles. The molecular weight excluding hydrogens is 389 g/mol. The molecule has 1 fully saturated rings. The Morgan fingerprint density at radius 1 is 1.24 bits per heavy atom. The Morgan fingerprint density at radius 3 is 2.83 bits per heavy atom. The summed E-state index contributed by atoms with van der Waals surface area (Å²) >= 11 is 1.57. The predicted octanol–water partition coefficient (Wildman–Crippen LogP) is 3.90. The van der Waals surface area contributed by atoms with Crippen molar-refractivity contribution in [2.24, 2.45) is 5.92 Å². The average molecular weight is 416 g/mol. The van der Waals surface area contributed by atoms with E-state index in [1.807, 2.05) is 41.6 Å². The zero-order chi connectivity index (χ0) is 20.1. The first-order valence-corrected chi connectivity index (χ1v) is 10.9. The molecule has 3 heterocycles. The highest BCUT2D eigenvalue weighted by molar-refractivity contribution is 7.08. The molecule has 0 amide bonds. The zero-order valence-electron chi connectivity index (χ0n) is 16.3. The Morgan fingerprint density at radius 2 is 2.10 bits per heavy atom. The van der Waals surface area contributed by atoms with Crippen LogP contribution in [0.3, 0.4) is 0 Å². The van der Waals surface area contributed by atoms with Gasteiger partial charge in [-0.2, -0.15) is 11.3 Å². The van der Waals surface area contributed by atoms with Gasteiger partial charge in [0.25, 0.3) is 0 Å². The molecule has 154 valence electrons. The maximum absolute atomic E-state index is 13.9. The van der Waals surface area contributed by atoms with E-state index in [1.54, 1.807) is 11.3 Å². The third-order valence-corrected chi connectivity index (χ3v) is 6.06. The van der Waals surface area contributed by atoms with Crippen molar-refractivity contribution in [3.05, 3.63) is 59.6 Å². The smallest absolute Gasteiger partial charge is 0.127 e. The maximum atomic E-state index is 13.9. The molecule has 2 aromatic heterocycles. The maximum Gasteiger partial charge on any atom is 0.127 e. The topological polar surface area (TPSA) is 50.5 Å². The quantitative estimate of drug-likeness (QED) is 0.606. The van der Waals surface area contributed by atoms with Crippen LogP contribution >= 0.6 is 11.3 Å². The Bertz CT molecular complexity index is 878. The van der Waals surface area contributed by atoms with Crippen LogP contribution in [0.25, 0.3) is 11.1 Å². The first-order chi connectivity index (χ1) is 14.2. The molecule has 1 atom stereocenters. The number of β-amino-alcohol motifs (C(OH)–C–C–N with tert-alkyl or cyclic N) is 1. The van der Waals surface area contributed by atoms with Crippen LogP contribution in [0.5, 0.6) is 5.75 Å². The number of thiophene rings is 1. The second-order valence-electron chi connectivity index (χ2n) is 7.66. The van der Waals surface area contributed by atoms with E-state index >= 15 is 0 Å². The van der Waals surface area contributed by atoms with Crippen LogP contribution in [0.2, 0.25) is 0 Å². The van der Waals surface area contributed by atoms with Gasteiger partial charge in [0.1, 0.15) is 24.3 Å². The summed E-state index contributed by atoms with van der Waals surface area (Å²) in [6, 6.07) is 6.64. The molecule has 3 aromatic rings. The monoisotopic (exact) mass is 415 g/mol. The summed E-state index contributed by atoms with van der Waals surface area (Å²) in [7, 11) is 0. The van der Waals surface area contributed by atoms with Gasteiger partial charge in [-0.05, 0) is 71.9 Å². The van der Waals surface area contributed by atoms with Gasteiger partial charge in [-0.25, -0.2) is 9.37 Å². The fourth-order valence-electron chi connectivity index (χ4n) is 3.83. The molecule has 0 bridgehead atoms. The molecule has 1 N–H and O–H groups in total. The number of aliphatic hydroxyl groups is 1. The minimum Gasteiger partial charge on any atom is -0.491 e. The van der Waals surface area contributed by atoms with E-state index in [0.29, 0.717) is 18.2 Å². The SMILES string of the molecule is OC(COc1cc(F)cc(-c2ccsc2)c1)CN1CCC(Cn2ccnc2)CC1. The van der Waals surface area contributed by atoms with Crippen LogP contribution in [0.15, 0.2) is 53.7 Å². The van der Waals surface area contributed by atoms with Gasteiger partial charge in [-0.15, -0.1) is 0 Å². The number of imidazole rings is 1. The van der Waals surface area contributed by atoms with Gasteiger partial charge in [-0.3, -0.25) is 0 Å². The summed E-state index contributed by atoms with van der Waals surface area (Å²) in [6.07, 6.45) is 7.30. The lowest BCUT2D eigenvalue weighted by atomic mass is 9.96. The lowest BCUT2D eigenvalue weighted by molar-refractivity contribution is 0.0536. The summed E-state index contributed by atoms with van der Waals surface area (Å²) < 4.78 is 21.8. The first kappa shape index (κ1) is 20.1. The molecule has 29 heavy (non-hydrogen) atoms. The number of halogens is 1. The molecule has 1 aromatic carbocycles. The fourth-order valence-corrected chi connectivity index (χ4v) is 4.49.